The van der Waals surface area contributed by atoms with Crippen LogP contribution in [0, 0.1) is 0 Å². The summed E-state index contributed by atoms with van der Waals surface area (Å²) in [6.07, 6.45) is 9.10. The van der Waals surface area contributed by atoms with Crippen LogP contribution in [0.5, 0.6) is 0 Å². The van der Waals surface area contributed by atoms with Gasteiger partial charge in [-0.3, -0.25) is 49.2 Å². The molecule has 0 bridgehead atoms. The van der Waals surface area contributed by atoms with Crippen LogP contribution in [0.2, 0.25) is 0 Å². The summed E-state index contributed by atoms with van der Waals surface area (Å²) in [6.45, 7) is 3.21. The molecule has 0 spiro atoms. The van der Waals surface area contributed by atoms with Crippen LogP contribution in [0.3, 0.4) is 0 Å². The Bertz CT molecular complexity index is 1790. The lowest BCUT2D eigenvalue weighted by molar-refractivity contribution is -0.166. The zero-order valence-electron chi connectivity index (χ0n) is 35.3. The molecule has 0 aromatic heterocycles. The number of hydrogen-bond donors (Lipinski definition) is 6. The minimum Gasteiger partial charge on any atom is -0.356 e. The minimum absolute atomic E-state index is 0.0542. The number of hydroxylamine groups is 6. The van der Waals surface area contributed by atoms with Crippen LogP contribution in [0.1, 0.15) is 120 Å². The van der Waals surface area contributed by atoms with Gasteiger partial charge in [0.25, 0.3) is 0 Å². The van der Waals surface area contributed by atoms with Crippen LogP contribution in [-0.4, -0.2) is 111 Å². The van der Waals surface area contributed by atoms with Crippen molar-refractivity contribution in [3.05, 3.63) is 65.2 Å². The standard InChI is InChI=1S/C44H63N7O10/c1-34(52)49(59)30-12-2-9-27-46-40(54)22-25-43(57)51(61)32-14-4-11-29-47-41(55)23-26-44(58)50(60)31-13-3-10-28-45-39(53)21-24-42(56)48-33-37-17-6-5-15-35(37)19-20-36-16-7-8-18-38(36)48/h5-8,15-20,59-61H,2-4,9-14,21-33H2,1H3,(H,45,53)(H,46,54)(H,47,55)/b20-19-. The van der Waals surface area contributed by atoms with Gasteiger partial charge in [0.2, 0.25) is 41.4 Å². The number of hydrogen-bond acceptors (Lipinski definition) is 10. The Labute approximate surface area is 358 Å². The molecule has 2 aromatic rings. The number of fused-ring (bicyclic) bond motifs is 2. The summed E-state index contributed by atoms with van der Waals surface area (Å²) in [5, 5.41) is 39.5. The van der Waals surface area contributed by atoms with Crippen molar-refractivity contribution in [3.8, 4) is 0 Å². The molecule has 6 N–H and O–H groups in total. The number of nitrogens with zero attached hydrogens (tertiary/aromatic N) is 4. The largest absolute Gasteiger partial charge is 0.356 e. The summed E-state index contributed by atoms with van der Waals surface area (Å²) in [6, 6.07) is 15.6. The van der Waals surface area contributed by atoms with Gasteiger partial charge in [-0.1, -0.05) is 54.6 Å². The van der Waals surface area contributed by atoms with Crippen molar-refractivity contribution in [3.63, 3.8) is 0 Å². The monoisotopic (exact) mass is 849 g/mol. The molecule has 1 aliphatic heterocycles. The molecule has 1 aliphatic rings. The molecule has 3 rings (SSSR count). The molecule has 61 heavy (non-hydrogen) atoms. The molecule has 0 fully saturated rings. The number of rotatable bonds is 27. The molecule has 2 aromatic carbocycles. The van der Waals surface area contributed by atoms with Crippen LogP contribution in [-0.2, 0) is 40.1 Å². The average Bonchev–Trinajstić information content (AvgIpc) is 3.24. The molecule has 17 heteroatoms. The van der Waals surface area contributed by atoms with E-state index in [1.807, 2.05) is 60.7 Å². The van der Waals surface area contributed by atoms with E-state index in [0.29, 0.717) is 99.2 Å². The molecule has 0 saturated carbocycles. The van der Waals surface area contributed by atoms with Crippen molar-refractivity contribution >= 4 is 59.2 Å². The highest BCUT2D eigenvalue weighted by molar-refractivity contribution is 5.98. The van der Waals surface area contributed by atoms with Gasteiger partial charge in [0, 0.05) is 84.7 Å². The van der Waals surface area contributed by atoms with Gasteiger partial charge in [0.15, 0.2) is 0 Å². The van der Waals surface area contributed by atoms with Gasteiger partial charge in [-0.25, -0.2) is 15.2 Å². The average molecular weight is 850 g/mol. The van der Waals surface area contributed by atoms with Crippen LogP contribution < -0.4 is 20.9 Å². The number of nitrogens with one attached hydrogen (secondary N) is 3. The van der Waals surface area contributed by atoms with Crippen molar-refractivity contribution in [2.24, 2.45) is 0 Å². The van der Waals surface area contributed by atoms with Crippen molar-refractivity contribution in [2.45, 2.75) is 110 Å². The Morgan fingerprint density at radius 1 is 0.525 bits per heavy atom. The fraction of sp³-hybridized carbons (Fsp3) is 0.523. The van der Waals surface area contributed by atoms with Gasteiger partial charge >= 0.3 is 0 Å². The van der Waals surface area contributed by atoms with Gasteiger partial charge in [0.1, 0.15) is 0 Å². The topological polar surface area (TPSA) is 229 Å². The van der Waals surface area contributed by atoms with Crippen molar-refractivity contribution in [1.29, 1.82) is 0 Å². The van der Waals surface area contributed by atoms with E-state index in [1.165, 1.54) is 6.92 Å². The third kappa shape index (κ3) is 19.5. The molecule has 334 valence electrons. The Morgan fingerprint density at radius 3 is 1.46 bits per heavy atom. The summed E-state index contributed by atoms with van der Waals surface area (Å²) in [7, 11) is 0. The fourth-order valence-corrected chi connectivity index (χ4v) is 6.47. The van der Waals surface area contributed by atoms with E-state index in [9.17, 15) is 49.2 Å². The first kappa shape index (κ1) is 49.7. The Morgan fingerprint density at radius 2 is 0.951 bits per heavy atom. The molecule has 1 heterocycles. The molecule has 0 unspecified atom stereocenters. The van der Waals surface area contributed by atoms with E-state index in [2.05, 4.69) is 16.0 Å². The summed E-state index contributed by atoms with van der Waals surface area (Å²) < 4.78 is 0. The van der Waals surface area contributed by atoms with Crippen LogP contribution in [0.15, 0.2) is 48.5 Å². The molecule has 0 saturated heterocycles. The third-order valence-corrected chi connectivity index (χ3v) is 10.1. The second kappa shape index (κ2) is 28.0. The third-order valence-electron chi connectivity index (χ3n) is 10.1. The Balaban J connectivity index is 1.15. The molecule has 17 nitrogen and oxygen atoms in total. The first-order chi connectivity index (χ1) is 29.3. The number of amides is 7. The quantitative estimate of drug-likeness (QED) is 0.0417. The van der Waals surface area contributed by atoms with Gasteiger partial charge in [-0.15, -0.1) is 0 Å². The fourth-order valence-electron chi connectivity index (χ4n) is 6.47. The lowest BCUT2D eigenvalue weighted by atomic mass is 10.0. The maximum absolute atomic E-state index is 13.4. The second-order valence-corrected chi connectivity index (χ2v) is 15.0. The molecule has 0 atom stereocenters. The number of carbonyl (C=O) groups excluding carboxylic acids is 7. The predicted octanol–water partition coefficient (Wildman–Crippen LogP) is 4.58. The highest BCUT2D eigenvalue weighted by Gasteiger charge is 2.22. The Hall–Kier alpha value is -5.65. The number of benzene rings is 2. The van der Waals surface area contributed by atoms with E-state index >= 15 is 0 Å². The maximum atomic E-state index is 13.4. The first-order valence-corrected chi connectivity index (χ1v) is 21.3. The van der Waals surface area contributed by atoms with Gasteiger partial charge in [-0.2, -0.15) is 0 Å². The van der Waals surface area contributed by atoms with E-state index in [0.717, 1.165) is 22.4 Å². The second-order valence-electron chi connectivity index (χ2n) is 15.0. The van der Waals surface area contributed by atoms with Crippen molar-refractivity contribution in [1.82, 2.24) is 31.1 Å². The number of anilines is 1. The normalized spacial score (nSPS) is 12.2. The van der Waals surface area contributed by atoms with Crippen LogP contribution in [0.4, 0.5) is 5.69 Å². The first-order valence-electron chi connectivity index (χ1n) is 21.3. The highest BCUT2D eigenvalue weighted by atomic mass is 16.5. The van der Waals surface area contributed by atoms with Crippen LogP contribution >= 0.6 is 0 Å². The zero-order valence-corrected chi connectivity index (χ0v) is 35.3. The maximum Gasteiger partial charge on any atom is 0.246 e. The zero-order chi connectivity index (χ0) is 44.4. The summed E-state index contributed by atoms with van der Waals surface area (Å²) in [4.78, 5) is 87.2. The van der Waals surface area contributed by atoms with Crippen molar-refractivity contribution < 1.29 is 49.2 Å². The van der Waals surface area contributed by atoms with E-state index in [1.54, 1.807) is 4.90 Å². The number of carbonyl (C=O) groups is 7. The molecule has 0 radical (unpaired) electrons. The molecule has 7 amide bonds. The summed E-state index contributed by atoms with van der Waals surface area (Å²) >= 11 is 0. The lowest BCUT2D eigenvalue weighted by Crippen LogP contribution is -2.33. The van der Waals surface area contributed by atoms with Gasteiger partial charge in [0.05, 0.1) is 12.2 Å². The van der Waals surface area contributed by atoms with E-state index in [4.69, 9.17) is 0 Å². The predicted molar refractivity (Wildman–Crippen MR) is 227 cm³/mol. The summed E-state index contributed by atoms with van der Waals surface area (Å²) in [5.41, 5.74) is 3.79. The van der Waals surface area contributed by atoms with E-state index < -0.39 is 17.7 Å². The van der Waals surface area contributed by atoms with Crippen LogP contribution in [0.25, 0.3) is 12.2 Å². The molecule has 0 aliphatic carbocycles. The van der Waals surface area contributed by atoms with Gasteiger partial charge < -0.3 is 20.9 Å². The van der Waals surface area contributed by atoms with Crippen molar-refractivity contribution in [2.75, 3.05) is 44.2 Å². The minimum atomic E-state index is -0.571. The van der Waals surface area contributed by atoms with E-state index in [-0.39, 0.29) is 81.8 Å². The molecular formula is C44H63N7O10. The molecular weight excluding hydrogens is 787 g/mol. The SMILES string of the molecule is CC(=O)N(O)CCCCCNC(=O)CCC(=O)N(O)CCCCCNC(=O)CCC(=O)N(O)CCCCCNC(=O)CCC(=O)N1Cc2ccccc2/C=C\c2ccccc21. The highest BCUT2D eigenvalue weighted by Crippen LogP contribution is 2.29. The number of unbranched alkanes of at least 4 members (excludes halogenated alkanes) is 6. The summed E-state index contributed by atoms with van der Waals surface area (Å²) in [5.74, 6) is -2.59. The number of para-hydroxylation sites is 1. The van der Waals surface area contributed by atoms with Gasteiger partial charge in [-0.05, 0) is 80.5 Å². The Kier molecular flexibility index (Phi) is 22.8. The smallest absolute Gasteiger partial charge is 0.246 e. The lowest BCUT2D eigenvalue weighted by Gasteiger charge is -2.27.